The summed E-state index contributed by atoms with van der Waals surface area (Å²) in [6.45, 7) is 6.00. The van der Waals surface area contributed by atoms with Crippen LogP contribution in [0, 0.1) is 6.92 Å². The van der Waals surface area contributed by atoms with Crippen LogP contribution in [0.5, 0.6) is 0 Å². The average molecular weight is 539 g/mol. The van der Waals surface area contributed by atoms with Crippen molar-refractivity contribution < 1.29 is 9.59 Å². The standard InChI is InChI=1S/C30H30N6O2S/c1-18-20(4-3-5-24(18)33-26(37)17-27-32-10-15-39-27)21-8-9-23(30(31)38)29-28(21)22-7-6-19(16-25(22)34-29)36-13-11-35(2)12-14-36/h3-10,15-16,34H,11-14,17H2,1-2H3,(H2,31,38)(H,33,37). The zero-order valence-corrected chi connectivity index (χ0v) is 22.8. The number of benzene rings is 3. The number of hydrogen-bond donors (Lipinski definition) is 3. The number of nitrogens with two attached hydrogens (primary N) is 1. The smallest absolute Gasteiger partial charge is 0.250 e. The number of rotatable bonds is 6. The maximum absolute atomic E-state index is 12.7. The van der Waals surface area contributed by atoms with E-state index in [9.17, 15) is 9.59 Å². The average Bonchev–Trinajstić information content (AvgIpc) is 3.57. The molecule has 0 radical (unpaired) electrons. The molecule has 0 bridgehead atoms. The predicted octanol–water partition coefficient (Wildman–Crippen LogP) is 4.78. The second-order valence-electron chi connectivity index (χ2n) is 10.0. The third kappa shape index (κ3) is 4.75. The molecular weight excluding hydrogens is 508 g/mol. The summed E-state index contributed by atoms with van der Waals surface area (Å²) >= 11 is 1.46. The van der Waals surface area contributed by atoms with E-state index in [2.05, 4.69) is 50.3 Å². The van der Waals surface area contributed by atoms with Gasteiger partial charge in [0, 0.05) is 65.4 Å². The zero-order chi connectivity index (χ0) is 27.1. The van der Waals surface area contributed by atoms with Gasteiger partial charge in [-0.15, -0.1) is 11.3 Å². The number of carbonyl (C=O) groups excluding carboxylic acids is 2. The first-order valence-electron chi connectivity index (χ1n) is 13.0. The summed E-state index contributed by atoms with van der Waals surface area (Å²) in [5.74, 6) is -0.583. The number of nitrogens with zero attached hydrogens (tertiary/aromatic N) is 3. The minimum Gasteiger partial charge on any atom is -0.369 e. The van der Waals surface area contributed by atoms with Crippen molar-refractivity contribution in [2.75, 3.05) is 43.4 Å². The van der Waals surface area contributed by atoms with E-state index in [0.29, 0.717) is 5.56 Å². The van der Waals surface area contributed by atoms with Gasteiger partial charge in [-0.3, -0.25) is 9.59 Å². The van der Waals surface area contributed by atoms with Crippen LogP contribution in [0.3, 0.4) is 0 Å². The summed E-state index contributed by atoms with van der Waals surface area (Å²) in [7, 11) is 2.15. The number of anilines is 2. The van der Waals surface area contributed by atoms with E-state index in [1.165, 1.54) is 11.3 Å². The summed E-state index contributed by atoms with van der Waals surface area (Å²) in [5, 5.41) is 7.67. The van der Waals surface area contributed by atoms with Crippen molar-refractivity contribution in [1.29, 1.82) is 0 Å². The SMILES string of the molecule is Cc1c(NC(=O)Cc2nccs2)cccc1-c1ccc(C(N)=O)c2[nH]c3cc(N4CCN(C)CC4)ccc3c12. The summed E-state index contributed by atoms with van der Waals surface area (Å²) < 4.78 is 0. The fourth-order valence-electron chi connectivity index (χ4n) is 5.43. The van der Waals surface area contributed by atoms with Crippen molar-refractivity contribution in [3.05, 3.63) is 76.2 Å². The van der Waals surface area contributed by atoms with Crippen LogP contribution in [-0.4, -0.2) is 59.9 Å². The monoisotopic (exact) mass is 538 g/mol. The van der Waals surface area contributed by atoms with Gasteiger partial charge in [-0.1, -0.05) is 24.3 Å². The molecule has 0 saturated carbocycles. The van der Waals surface area contributed by atoms with Crippen molar-refractivity contribution in [3.63, 3.8) is 0 Å². The highest BCUT2D eigenvalue weighted by molar-refractivity contribution is 7.09. The largest absolute Gasteiger partial charge is 0.369 e. The Kier molecular flexibility index (Phi) is 6.54. The molecule has 6 rings (SSSR count). The molecule has 0 atom stereocenters. The second kappa shape index (κ2) is 10.2. The maximum Gasteiger partial charge on any atom is 0.250 e. The van der Waals surface area contributed by atoms with Crippen LogP contribution in [0.4, 0.5) is 11.4 Å². The zero-order valence-electron chi connectivity index (χ0n) is 22.0. The van der Waals surface area contributed by atoms with E-state index in [4.69, 9.17) is 5.73 Å². The lowest BCUT2D eigenvalue weighted by atomic mass is 9.93. The van der Waals surface area contributed by atoms with Gasteiger partial charge in [-0.05, 0) is 54.9 Å². The molecule has 3 heterocycles. The van der Waals surface area contributed by atoms with E-state index in [1.54, 1.807) is 12.3 Å². The maximum atomic E-state index is 12.7. The molecule has 198 valence electrons. The first-order valence-corrected chi connectivity index (χ1v) is 13.9. The van der Waals surface area contributed by atoms with Gasteiger partial charge in [0.2, 0.25) is 5.91 Å². The number of amides is 2. The number of aromatic nitrogens is 2. The number of likely N-dealkylation sites (N-methyl/N-ethyl adjacent to an activating group) is 1. The lowest BCUT2D eigenvalue weighted by Gasteiger charge is -2.34. The minimum atomic E-state index is -0.475. The Hall–Kier alpha value is -4.21. The molecule has 0 spiro atoms. The Bertz CT molecular complexity index is 1700. The van der Waals surface area contributed by atoms with E-state index in [1.807, 2.05) is 36.6 Å². The van der Waals surface area contributed by atoms with Crippen LogP contribution < -0.4 is 16.0 Å². The highest BCUT2D eigenvalue weighted by Gasteiger charge is 2.20. The second-order valence-corrected chi connectivity index (χ2v) is 11.0. The fourth-order valence-corrected chi connectivity index (χ4v) is 6.04. The number of primary amides is 1. The van der Waals surface area contributed by atoms with E-state index < -0.39 is 5.91 Å². The third-order valence-corrected chi connectivity index (χ3v) is 8.34. The molecule has 1 aliphatic rings. The van der Waals surface area contributed by atoms with Gasteiger partial charge in [0.25, 0.3) is 5.91 Å². The molecule has 0 aliphatic carbocycles. The van der Waals surface area contributed by atoms with E-state index in [-0.39, 0.29) is 12.3 Å². The van der Waals surface area contributed by atoms with Gasteiger partial charge in [0.1, 0.15) is 5.01 Å². The predicted molar refractivity (Wildman–Crippen MR) is 159 cm³/mol. The topological polar surface area (TPSA) is 107 Å². The van der Waals surface area contributed by atoms with Crippen LogP contribution in [0.2, 0.25) is 0 Å². The number of hydrogen-bond acceptors (Lipinski definition) is 6. The molecule has 4 N–H and O–H groups in total. The molecule has 2 amide bonds. The lowest BCUT2D eigenvalue weighted by Crippen LogP contribution is -2.44. The van der Waals surface area contributed by atoms with Gasteiger partial charge < -0.3 is 25.8 Å². The van der Waals surface area contributed by atoms with Gasteiger partial charge in [0.05, 0.1) is 17.5 Å². The Labute approximate surface area is 230 Å². The number of nitrogens with one attached hydrogen (secondary N) is 2. The number of aromatic amines is 1. The van der Waals surface area contributed by atoms with Crippen molar-refractivity contribution >= 4 is 56.3 Å². The number of thiazole rings is 1. The fraction of sp³-hybridized carbons (Fsp3) is 0.233. The Morgan fingerprint density at radius 2 is 1.90 bits per heavy atom. The molecule has 0 unspecified atom stereocenters. The molecule has 1 saturated heterocycles. The van der Waals surface area contributed by atoms with Crippen LogP contribution in [0.25, 0.3) is 32.9 Å². The minimum absolute atomic E-state index is 0.108. The van der Waals surface area contributed by atoms with Crippen LogP contribution in [-0.2, 0) is 11.2 Å². The van der Waals surface area contributed by atoms with Gasteiger partial charge in [0.15, 0.2) is 0 Å². The highest BCUT2D eigenvalue weighted by atomic mass is 32.1. The molecule has 1 aliphatic heterocycles. The van der Waals surface area contributed by atoms with Crippen molar-refractivity contribution in [2.24, 2.45) is 5.73 Å². The Morgan fingerprint density at radius 1 is 1.08 bits per heavy atom. The first kappa shape index (κ1) is 25.1. The Balaban J connectivity index is 1.43. The molecule has 2 aromatic heterocycles. The lowest BCUT2D eigenvalue weighted by molar-refractivity contribution is -0.115. The normalized spacial score (nSPS) is 14.3. The first-order chi connectivity index (χ1) is 18.9. The molecule has 39 heavy (non-hydrogen) atoms. The summed E-state index contributed by atoms with van der Waals surface area (Å²) in [6.07, 6.45) is 1.94. The van der Waals surface area contributed by atoms with Crippen LogP contribution in [0.1, 0.15) is 20.9 Å². The van der Waals surface area contributed by atoms with E-state index >= 15 is 0 Å². The number of fused-ring (bicyclic) bond motifs is 3. The van der Waals surface area contributed by atoms with Gasteiger partial charge in [-0.25, -0.2) is 4.98 Å². The van der Waals surface area contributed by atoms with Gasteiger partial charge in [-0.2, -0.15) is 0 Å². The molecule has 5 aromatic rings. The summed E-state index contributed by atoms with van der Waals surface area (Å²) in [5.41, 5.74) is 12.7. The van der Waals surface area contributed by atoms with Gasteiger partial charge >= 0.3 is 0 Å². The van der Waals surface area contributed by atoms with Crippen LogP contribution in [0.15, 0.2) is 60.1 Å². The summed E-state index contributed by atoms with van der Waals surface area (Å²) in [6, 6.07) is 16.1. The summed E-state index contributed by atoms with van der Waals surface area (Å²) in [4.78, 5) is 37.6. The molecule has 8 nitrogen and oxygen atoms in total. The van der Waals surface area contributed by atoms with Crippen molar-refractivity contribution in [3.8, 4) is 11.1 Å². The van der Waals surface area contributed by atoms with E-state index in [0.717, 1.165) is 81.1 Å². The Morgan fingerprint density at radius 3 is 2.64 bits per heavy atom. The van der Waals surface area contributed by atoms with Crippen molar-refractivity contribution in [2.45, 2.75) is 13.3 Å². The number of H-pyrrole nitrogens is 1. The third-order valence-electron chi connectivity index (χ3n) is 7.56. The van der Waals surface area contributed by atoms with Crippen molar-refractivity contribution in [1.82, 2.24) is 14.9 Å². The number of carbonyl (C=O) groups is 2. The molecule has 9 heteroatoms. The number of piperazine rings is 1. The molecule has 3 aromatic carbocycles. The molecular formula is C30H30N6O2S. The van der Waals surface area contributed by atoms with Crippen LogP contribution >= 0.6 is 11.3 Å². The highest BCUT2D eigenvalue weighted by Crippen LogP contribution is 2.40. The quantitative estimate of drug-likeness (QED) is 0.288. The molecule has 1 fully saturated rings.